The van der Waals surface area contributed by atoms with Crippen molar-refractivity contribution in [2.24, 2.45) is 0 Å². The largest absolute Gasteiger partial charge is 0.417 e. The zero-order valence-corrected chi connectivity index (χ0v) is 11.2. The van der Waals surface area contributed by atoms with E-state index in [2.05, 4.69) is 17.2 Å². The standard InChI is InChI=1S/C12H17F3N2S/c1-3-6-16-9(2)8-18-11-5-4-10(7-17-11)12(13,14)15/h4-5,7,9,16H,3,6,8H2,1-2H3. The highest BCUT2D eigenvalue weighted by Crippen LogP contribution is 2.29. The van der Waals surface area contributed by atoms with Crippen molar-refractivity contribution in [2.75, 3.05) is 12.3 Å². The first-order valence-corrected chi connectivity index (χ1v) is 6.81. The van der Waals surface area contributed by atoms with Gasteiger partial charge in [-0.05, 0) is 32.0 Å². The normalized spacial score (nSPS) is 13.6. The first-order chi connectivity index (χ1) is 8.43. The number of thioether (sulfide) groups is 1. The Balaban J connectivity index is 2.44. The third kappa shape index (κ3) is 5.27. The number of aromatic nitrogens is 1. The van der Waals surface area contributed by atoms with Gasteiger partial charge < -0.3 is 5.32 Å². The van der Waals surface area contributed by atoms with Crippen molar-refractivity contribution < 1.29 is 13.2 Å². The Morgan fingerprint density at radius 3 is 2.61 bits per heavy atom. The minimum Gasteiger partial charge on any atom is -0.313 e. The molecule has 0 bridgehead atoms. The smallest absolute Gasteiger partial charge is 0.313 e. The van der Waals surface area contributed by atoms with Crippen LogP contribution in [0.15, 0.2) is 23.4 Å². The van der Waals surface area contributed by atoms with E-state index in [9.17, 15) is 13.2 Å². The molecule has 0 aliphatic rings. The van der Waals surface area contributed by atoms with E-state index in [-0.39, 0.29) is 0 Å². The molecule has 0 saturated heterocycles. The van der Waals surface area contributed by atoms with E-state index in [1.807, 2.05) is 6.92 Å². The molecule has 2 nitrogen and oxygen atoms in total. The molecule has 0 amide bonds. The molecule has 1 aromatic heterocycles. The van der Waals surface area contributed by atoms with Crippen molar-refractivity contribution >= 4 is 11.8 Å². The van der Waals surface area contributed by atoms with Crippen LogP contribution < -0.4 is 5.32 Å². The molecule has 0 aromatic carbocycles. The van der Waals surface area contributed by atoms with Crippen LogP contribution in [0.5, 0.6) is 0 Å². The van der Waals surface area contributed by atoms with Gasteiger partial charge in [-0.25, -0.2) is 4.98 Å². The van der Waals surface area contributed by atoms with Crippen LogP contribution in [0.3, 0.4) is 0 Å². The number of halogens is 3. The molecule has 0 saturated carbocycles. The van der Waals surface area contributed by atoms with Gasteiger partial charge in [0.1, 0.15) is 0 Å². The lowest BCUT2D eigenvalue weighted by atomic mass is 10.3. The van der Waals surface area contributed by atoms with E-state index >= 15 is 0 Å². The van der Waals surface area contributed by atoms with Crippen LogP contribution in [0.4, 0.5) is 13.2 Å². The summed E-state index contributed by atoms with van der Waals surface area (Å²) in [6.07, 6.45) is -2.37. The Kier molecular flexibility index (Phi) is 5.95. The van der Waals surface area contributed by atoms with Crippen LogP contribution in [0.2, 0.25) is 0 Å². The lowest BCUT2D eigenvalue weighted by Gasteiger charge is -2.12. The van der Waals surface area contributed by atoms with Gasteiger partial charge >= 0.3 is 6.18 Å². The Labute approximate surface area is 109 Å². The first kappa shape index (κ1) is 15.3. The summed E-state index contributed by atoms with van der Waals surface area (Å²) in [4.78, 5) is 3.81. The fourth-order valence-corrected chi connectivity index (χ4v) is 2.12. The highest BCUT2D eigenvalue weighted by atomic mass is 32.2. The summed E-state index contributed by atoms with van der Waals surface area (Å²) in [5.41, 5.74) is -0.705. The number of nitrogens with zero attached hydrogens (tertiary/aromatic N) is 1. The van der Waals surface area contributed by atoms with E-state index in [4.69, 9.17) is 0 Å². The SMILES string of the molecule is CCCNC(C)CSc1ccc(C(F)(F)F)cn1. The molecule has 1 aromatic rings. The second kappa shape index (κ2) is 6.99. The average molecular weight is 278 g/mol. The summed E-state index contributed by atoms with van der Waals surface area (Å²) < 4.78 is 36.9. The minimum atomic E-state index is -4.31. The Morgan fingerprint density at radius 2 is 2.11 bits per heavy atom. The van der Waals surface area contributed by atoms with Crippen LogP contribution in [0.25, 0.3) is 0 Å². The minimum absolute atomic E-state index is 0.319. The van der Waals surface area contributed by atoms with Crippen molar-refractivity contribution in [3.63, 3.8) is 0 Å². The monoisotopic (exact) mass is 278 g/mol. The van der Waals surface area contributed by atoms with Crippen molar-refractivity contribution in [3.8, 4) is 0 Å². The topological polar surface area (TPSA) is 24.9 Å². The van der Waals surface area contributed by atoms with E-state index in [1.165, 1.54) is 17.8 Å². The fourth-order valence-electron chi connectivity index (χ4n) is 1.29. The second-order valence-corrected chi connectivity index (χ2v) is 5.09. The van der Waals surface area contributed by atoms with Crippen LogP contribution >= 0.6 is 11.8 Å². The fraction of sp³-hybridized carbons (Fsp3) is 0.583. The maximum atomic E-state index is 12.3. The summed E-state index contributed by atoms with van der Waals surface area (Å²) in [6, 6.07) is 2.80. The van der Waals surface area contributed by atoms with Gasteiger partial charge in [0, 0.05) is 18.0 Å². The Bertz CT molecular complexity index is 351. The van der Waals surface area contributed by atoms with Crippen molar-refractivity contribution in [2.45, 2.75) is 37.5 Å². The summed E-state index contributed by atoms with van der Waals surface area (Å²) in [6.45, 7) is 5.08. The molecule has 1 heterocycles. The van der Waals surface area contributed by atoms with E-state index in [0.717, 1.165) is 31.0 Å². The molecule has 0 spiro atoms. The molecule has 102 valence electrons. The van der Waals surface area contributed by atoms with Crippen LogP contribution in [0.1, 0.15) is 25.8 Å². The first-order valence-electron chi connectivity index (χ1n) is 5.83. The Hall–Kier alpha value is -0.750. The molecule has 0 fully saturated rings. The third-order valence-electron chi connectivity index (χ3n) is 2.29. The summed E-state index contributed by atoms with van der Waals surface area (Å²) >= 11 is 1.46. The molecule has 0 aliphatic heterocycles. The van der Waals surface area contributed by atoms with Crippen molar-refractivity contribution in [3.05, 3.63) is 23.9 Å². The van der Waals surface area contributed by atoms with Gasteiger partial charge in [-0.3, -0.25) is 0 Å². The van der Waals surface area contributed by atoms with E-state index in [1.54, 1.807) is 0 Å². The van der Waals surface area contributed by atoms with Crippen molar-refractivity contribution in [1.29, 1.82) is 0 Å². The number of hydrogen-bond donors (Lipinski definition) is 1. The molecular formula is C12H17F3N2S. The molecule has 1 unspecified atom stereocenters. The lowest BCUT2D eigenvalue weighted by Crippen LogP contribution is -2.28. The number of rotatable bonds is 6. The molecule has 1 rings (SSSR count). The van der Waals surface area contributed by atoms with Gasteiger partial charge in [-0.1, -0.05) is 6.92 Å². The predicted molar refractivity (Wildman–Crippen MR) is 67.7 cm³/mol. The summed E-state index contributed by atoms with van der Waals surface area (Å²) in [5.74, 6) is 0.790. The highest BCUT2D eigenvalue weighted by Gasteiger charge is 2.30. The van der Waals surface area contributed by atoms with Gasteiger partial charge in [0.05, 0.1) is 10.6 Å². The van der Waals surface area contributed by atoms with Crippen LogP contribution in [-0.2, 0) is 6.18 Å². The van der Waals surface area contributed by atoms with Crippen LogP contribution in [0, 0.1) is 0 Å². The molecule has 1 atom stereocenters. The van der Waals surface area contributed by atoms with Gasteiger partial charge in [0.25, 0.3) is 0 Å². The zero-order chi connectivity index (χ0) is 13.6. The molecule has 1 N–H and O–H groups in total. The molecule has 0 radical (unpaired) electrons. The lowest BCUT2D eigenvalue weighted by molar-refractivity contribution is -0.137. The Morgan fingerprint density at radius 1 is 1.39 bits per heavy atom. The predicted octanol–water partition coefficient (Wildman–Crippen LogP) is 3.58. The van der Waals surface area contributed by atoms with E-state index < -0.39 is 11.7 Å². The second-order valence-electron chi connectivity index (χ2n) is 4.05. The summed E-state index contributed by atoms with van der Waals surface area (Å²) in [7, 11) is 0. The molecule has 0 aliphatic carbocycles. The summed E-state index contributed by atoms with van der Waals surface area (Å²) in [5, 5.41) is 3.93. The van der Waals surface area contributed by atoms with Gasteiger partial charge in [0.15, 0.2) is 0 Å². The quantitative estimate of drug-likeness (QED) is 0.805. The maximum Gasteiger partial charge on any atom is 0.417 e. The molecule has 18 heavy (non-hydrogen) atoms. The van der Waals surface area contributed by atoms with Crippen LogP contribution in [-0.4, -0.2) is 23.3 Å². The molecule has 6 heteroatoms. The number of hydrogen-bond acceptors (Lipinski definition) is 3. The van der Waals surface area contributed by atoms with Gasteiger partial charge in [-0.15, -0.1) is 11.8 Å². The van der Waals surface area contributed by atoms with Gasteiger partial charge in [0.2, 0.25) is 0 Å². The maximum absolute atomic E-state index is 12.3. The average Bonchev–Trinajstić information content (AvgIpc) is 2.33. The number of nitrogens with one attached hydrogen (secondary N) is 1. The zero-order valence-electron chi connectivity index (χ0n) is 10.4. The highest BCUT2D eigenvalue weighted by molar-refractivity contribution is 7.99. The molecular weight excluding hydrogens is 261 g/mol. The van der Waals surface area contributed by atoms with Crippen molar-refractivity contribution in [1.82, 2.24) is 10.3 Å². The number of alkyl halides is 3. The van der Waals surface area contributed by atoms with E-state index in [0.29, 0.717) is 11.1 Å². The third-order valence-corrected chi connectivity index (χ3v) is 3.49. The van der Waals surface area contributed by atoms with Gasteiger partial charge in [-0.2, -0.15) is 13.2 Å². The number of pyridine rings is 1.